The Bertz CT molecular complexity index is 2230. The quantitative estimate of drug-likeness (QED) is 0.325. The Kier molecular flexibility index (Phi) is 11.1. The number of halogens is 1. The van der Waals surface area contributed by atoms with Crippen LogP contribution in [0.1, 0.15) is 86.0 Å². The molecule has 58 heavy (non-hydrogen) atoms. The molecule has 1 unspecified atom stereocenters. The zero-order chi connectivity index (χ0) is 41.9. The van der Waals surface area contributed by atoms with Gasteiger partial charge in [-0.1, -0.05) is 57.5 Å². The highest BCUT2D eigenvalue weighted by molar-refractivity contribution is 7.91. The number of allylic oxidation sites excluding steroid dienone is 2. The standard InChI is InChI=1S/C42H54ClN5O9S/c1-7-24(2)41(6,38(52)46-58(54,55)29-14-15-29)45-35(49)31-21-28-23-48(31)37(51)34(40(3,4)5)44-39(53)57-32-12-10-17-42(32)22-26(42)11-8-9-18-47-33(56-28)20-25-19-27(43)13-16-30(25)36(47)50/h7-8,11,13,16,19-20,24,26,28-29,31-32,34H,1,9-10,12,14-15,17-18,21-23H2,2-6H3,(H,44,53)(H,45,49)(H,46,52)/b11-8+/t24-,26+,28+,31-,32+,34+,41+,42?/m0/s1. The molecule has 1 saturated heterocycles. The number of ether oxygens (including phenoxy) is 2. The van der Waals surface area contributed by atoms with Gasteiger partial charge in [0.25, 0.3) is 11.5 Å². The molecule has 4 fully saturated rings. The molecule has 1 aromatic heterocycles. The molecule has 0 radical (unpaired) electrons. The van der Waals surface area contributed by atoms with Crippen molar-refractivity contribution in [3.63, 3.8) is 0 Å². The van der Waals surface area contributed by atoms with Crippen LogP contribution in [0, 0.1) is 22.7 Å². The molecule has 1 aromatic carbocycles. The van der Waals surface area contributed by atoms with E-state index in [0.717, 1.165) is 19.3 Å². The van der Waals surface area contributed by atoms with E-state index >= 15 is 0 Å². The second-order valence-electron chi connectivity index (χ2n) is 18.0. The number of carbonyl (C=O) groups excluding carboxylic acids is 4. The first-order valence-corrected chi connectivity index (χ1v) is 22.1. The lowest BCUT2D eigenvalue weighted by molar-refractivity contribution is -0.143. The van der Waals surface area contributed by atoms with Crippen LogP contribution in [0.4, 0.5) is 4.79 Å². The number of fused-ring (bicyclic) bond motifs is 4. The van der Waals surface area contributed by atoms with E-state index in [4.69, 9.17) is 21.1 Å². The number of rotatable bonds is 7. The highest BCUT2D eigenvalue weighted by Gasteiger charge is 2.61. The van der Waals surface area contributed by atoms with Crippen LogP contribution in [-0.4, -0.2) is 83.3 Å². The Morgan fingerprint density at radius 1 is 1.10 bits per heavy atom. The zero-order valence-corrected chi connectivity index (χ0v) is 35.3. The van der Waals surface area contributed by atoms with Crippen molar-refractivity contribution in [2.24, 2.45) is 22.7 Å². The van der Waals surface area contributed by atoms with Crippen LogP contribution in [0.2, 0.25) is 5.02 Å². The van der Waals surface area contributed by atoms with Gasteiger partial charge in [0.1, 0.15) is 29.8 Å². The van der Waals surface area contributed by atoms with Crippen LogP contribution in [0.15, 0.2) is 53.9 Å². The normalized spacial score (nSPS) is 29.8. The monoisotopic (exact) mass is 839 g/mol. The first-order valence-electron chi connectivity index (χ1n) is 20.2. The van der Waals surface area contributed by atoms with Gasteiger partial charge in [0.2, 0.25) is 21.8 Å². The maximum atomic E-state index is 14.8. The van der Waals surface area contributed by atoms with Crippen LogP contribution in [0.5, 0.6) is 5.88 Å². The van der Waals surface area contributed by atoms with Crippen LogP contribution < -0.4 is 25.7 Å². The fraction of sp³-hybridized carbons (Fsp3) is 0.595. The van der Waals surface area contributed by atoms with Crippen molar-refractivity contribution in [1.82, 2.24) is 24.8 Å². The molecule has 1 spiro atoms. The van der Waals surface area contributed by atoms with Crippen LogP contribution in [0.25, 0.3) is 10.8 Å². The summed E-state index contributed by atoms with van der Waals surface area (Å²) in [7, 11) is -3.98. The molecule has 314 valence electrons. The number of hydrogen-bond donors (Lipinski definition) is 3. The third-order valence-electron chi connectivity index (χ3n) is 12.9. The summed E-state index contributed by atoms with van der Waals surface area (Å²) in [6, 6.07) is 4.35. The minimum Gasteiger partial charge on any atom is -0.473 e. The Morgan fingerprint density at radius 3 is 2.53 bits per heavy atom. The summed E-state index contributed by atoms with van der Waals surface area (Å²) in [5.74, 6) is -2.56. The first kappa shape index (κ1) is 41.8. The highest BCUT2D eigenvalue weighted by Crippen LogP contribution is 2.64. The predicted octanol–water partition coefficient (Wildman–Crippen LogP) is 4.97. The van der Waals surface area contributed by atoms with E-state index in [1.54, 1.807) is 56.5 Å². The molecule has 7 rings (SSSR count). The van der Waals surface area contributed by atoms with E-state index in [9.17, 15) is 32.4 Å². The summed E-state index contributed by atoms with van der Waals surface area (Å²) in [5.41, 5.74) is -3.11. The molecule has 2 aromatic rings. The van der Waals surface area contributed by atoms with Gasteiger partial charge in [0.05, 0.1) is 11.8 Å². The maximum absolute atomic E-state index is 14.8. The second kappa shape index (κ2) is 15.3. The zero-order valence-electron chi connectivity index (χ0n) is 33.7. The number of alkyl carbamates (subject to hydrolysis) is 1. The van der Waals surface area contributed by atoms with Gasteiger partial charge in [0.15, 0.2) is 5.88 Å². The van der Waals surface area contributed by atoms with Crippen molar-refractivity contribution < 1.29 is 37.1 Å². The molecular weight excluding hydrogens is 786 g/mol. The molecule has 2 bridgehead atoms. The Morgan fingerprint density at radius 2 is 1.84 bits per heavy atom. The number of hydrogen-bond acceptors (Lipinski definition) is 9. The van der Waals surface area contributed by atoms with E-state index < -0.39 is 74.1 Å². The number of carbonyl (C=O) groups is 4. The molecule has 5 aliphatic rings. The molecule has 2 aliphatic heterocycles. The number of sulfonamides is 1. The summed E-state index contributed by atoms with van der Waals surface area (Å²) in [4.78, 5) is 72.2. The first-order chi connectivity index (χ1) is 27.3. The molecule has 3 saturated carbocycles. The average molecular weight is 840 g/mol. The van der Waals surface area contributed by atoms with Crippen molar-refractivity contribution in [1.29, 1.82) is 0 Å². The van der Waals surface area contributed by atoms with Crippen molar-refractivity contribution >= 4 is 56.2 Å². The van der Waals surface area contributed by atoms with Gasteiger partial charge >= 0.3 is 6.09 Å². The lowest BCUT2D eigenvalue weighted by atomic mass is 9.85. The summed E-state index contributed by atoms with van der Waals surface area (Å²) in [6.45, 7) is 12.4. The van der Waals surface area contributed by atoms with Gasteiger partial charge in [-0.05, 0) is 86.8 Å². The largest absolute Gasteiger partial charge is 0.473 e. The molecule has 8 atom stereocenters. The van der Waals surface area contributed by atoms with E-state index in [0.29, 0.717) is 41.5 Å². The van der Waals surface area contributed by atoms with Crippen LogP contribution in [0.3, 0.4) is 0 Å². The molecular formula is C42H54ClN5O9S. The number of pyridine rings is 1. The smallest absolute Gasteiger partial charge is 0.408 e. The van der Waals surface area contributed by atoms with Crippen LogP contribution >= 0.6 is 11.6 Å². The van der Waals surface area contributed by atoms with E-state index in [1.165, 1.54) is 17.9 Å². The average Bonchev–Trinajstić information content (AvgIpc) is 4.05. The third-order valence-corrected chi connectivity index (χ3v) is 15.0. The third kappa shape index (κ3) is 8.00. The van der Waals surface area contributed by atoms with E-state index in [1.807, 2.05) is 0 Å². The molecule has 16 heteroatoms. The lowest BCUT2D eigenvalue weighted by Crippen LogP contribution is -2.64. The fourth-order valence-corrected chi connectivity index (χ4v) is 10.5. The van der Waals surface area contributed by atoms with Gasteiger partial charge < -0.3 is 25.0 Å². The summed E-state index contributed by atoms with van der Waals surface area (Å²) in [5, 5.41) is 6.38. The minimum atomic E-state index is -3.98. The van der Waals surface area contributed by atoms with Gasteiger partial charge in [0, 0.05) is 40.8 Å². The number of amides is 4. The Labute approximate surface area is 344 Å². The van der Waals surface area contributed by atoms with Crippen molar-refractivity contribution in [2.75, 3.05) is 6.54 Å². The van der Waals surface area contributed by atoms with Crippen molar-refractivity contribution in [3.8, 4) is 5.88 Å². The summed E-state index contributed by atoms with van der Waals surface area (Å²) >= 11 is 6.34. The van der Waals surface area contributed by atoms with Crippen LogP contribution in [-0.2, 0) is 35.7 Å². The maximum Gasteiger partial charge on any atom is 0.408 e. The second-order valence-corrected chi connectivity index (χ2v) is 20.4. The minimum absolute atomic E-state index is 0.0621. The predicted molar refractivity (Wildman–Crippen MR) is 219 cm³/mol. The molecule has 3 N–H and O–H groups in total. The van der Waals surface area contributed by atoms with E-state index in [-0.39, 0.29) is 48.4 Å². The molecule has 4 amide bonds. The molecule has 14 nitrogen and oxygen atoms in total. The highest BCUT2D eigenvalue weighted by atomic mass is 35.5. The van der Waals surface area contributed by atoms with E-state index in [2.05, 4.69) is 34.1 Å². The molecule has 3 aliphatic carbocycles. The SMILES string of the molecule is C=C[C@H](C)[C@@](C)(NC(=O)[C@@H]1C[C@@H]2CN1C(=O)[C@H](C(C)(C)C)NC(=O)O[C@@H]1CCCC13C[C@H]3/C=C/CCn1c(cc3cc(Cl)ccc3c1=O)O2)C(=O)NS(=O)(=O)C1CC1. The lowest BCUT2D eigenvalue weighted by Gasteiger charge is -2.37. The molecule has 3 heterocycles. The van der Waals surface area contributed by atoms with Gasteiger partial charge in [-0.15, -0.1) is 6.58 Å². The van der Waals surface area contributed by atoms with Crippen molar-refractivity contribution in [2.45, 2.75) is 128 Å². The van der Waals surface area contributed by atoms with Gasteiger partial charge in [-0.25, -0.2) is 13.2 Å². The van der Waals surface area contributed by atoms with Crippen molar-refractivity contribution in [3.05, 3.63) is 64.4 Å². The number of aromatic nitrogens is 1. The Balaban J connectivity index is 1.27. The number of nitrogens with zero attached hydrogens (tertiary/aromatic N) is 2. The fourth-order valence-electron chi connectivity index (χ4n) is 8.88. The Hall–Kier alpha value is -4.37. The van der Waals surface area contributed by atoms with Gasteiger partial charge in [-0.2, -0.15) is 0 Å². The topological polar surface area (TPSA) is 182 Å². The van der Waals surface area contributed by atoms with Gasteiger partial charge in [-0.3, -0.25) is 28.5 Å². The summed E-state index contributed by atoms with van der Waals surface area (Å²) in [6.07, 6.45) is 8.45. The number of benzene rings is 1. The summed E-state index contributed by atoms with van der Waals surface area (Å²) < 4.78 is 42.1. The number of nitrogens with one attached hydrogen (secondary N) is 3.